The number of hydrogen-bond donors (Lipinski definition) is 1. The van der Waals surface area contributed by atoms with Gasteiger partial charge in [-0.1, -0.05) is 11.6 Å². The lowest BCUT2D eigenvalue weighted by Crippen LogP contribution is -2.26. The van der Waals surface area contributed by atoms with Crippen molar-refractivity contribution in [2.24, 2.45) is 0 Å². The fourth-order valence-electron chi connectivity index (χ4n) is 2.37. The number of carbonyl (C=O) groups is 1. The number of nitrogens with zero attached hydrogens (tertiary/aromatic N) is 3. The van der Waals surface area contributed by atoms with Crippen LogP contribution in [0.2, 0.25) is 5.02 Å². The number of hydrogen-bond acceptors (Lipinski definition) is 4. The molecule has 0 aliphatic carbocycles. The topological polar surface area (TPSA) is 71.1 Å². The van der Waals surface area contributed by atoms with Crippen LogP contribution in [0.3, 0.4) is 0 Å². The van der Waals surface area contributed by atoms with E-state index in [1.54, 1.807) is 38.4 Å². The number of fused-ring (bicyclic) bond motifs is 1. The molecule has 2 aromatic heterocycles. The Labute approximate surface area is 138 Å². The van der Waals surface area contributed by atoms with Gasteiger partial charge in [-0.25, -0.2) is 9.97 Å². The van der Waals surface area contributed by atoms with Crippen LogP contribution in [0.25, 0.3) is 11.2 Å². The molecule has 3 rings (SSSR count). The van der Waals surface area contributed by atoms with E-state index in [0.717, 1.165) is 11.3 Å². The van der Waals surface area contributed by atoms with Gasteiger partial charge < -0.3 is 14.6 Å². The van der Waals surface area contributed by atoms with E-state index >= 15 is 0 Å². The summed E-state index contributed by atoms with van der Waals surface area (Å²) in [6, 6.07) is 6.85. The zero-order valence-electron chi connectivity index (χ0n) is 12.9. The molecule has 0 bridgehead atoms. The smallest absolute Gasteiger partial charge is 0.259 e. The third-order valence-corrected chi connectivity index (χ3v) is 3.74. The van der Waals surface area contributed by atoms with Gasteiger partial charge in [-0.15, -0.1) is 0 Å². The van der Waals surface area contributed by atoms with Crippen molar-refractivity contribution in [1.82, 2.24) is 15.0 Å². The monoisotopic (exact) mass is 330 g/mol. The van der Waals surface area contributed by atoms with E-state index < -0.39 is 0 Å². The first kappa shape index (κ1) is 15.3. The van der Waals surface area contributed by atoms with Crippen LogP contribution in [0.4, 0.5) is 5.69 Å². The Morgan fingerprint density at radius 1 is 1.35 bits per heavy atom. The number of halogens is 1. The summed E-state index contributed by atoms with van der Waals surface area (Å²) in [7, 11) is 3.21. The number of nitrogens with one attached hydrogen (secondary N) is 1. The number of aromatic amines is 1. The summed E-state index contributed by atoms with van der Waals surface area (Å²) in [5.41, 5.74) is 2.35. The van der Waals surface area contributed by atoms with Crippen LogP contribution < -0.4 is 9.64 Å². The summed E-state index contributed by atoms with van der Waals surface area (Å²) >= 11 is 6.03. The van der Waals surface area contributed by atoms with Crippen molar-refractivity contribution in [3.05, 3.63) is 46.9 Å². The lowest BCUT2D eigenvalue weighted by atomic mass is 10.2. The number of methoxy groups -OCH3 is 1. The van der Waals surface area contributed by atoms with Crippen molar-refractivity contribution in [3.8, 4) is 5.75 Å². The molecule has 1 N–H and O–H groups in total. The molecule has 0 unspecified atom stereocenters. The van der Waals surface area contributed by atoms with Crippen LogP contribution in [0, 0.1) is 6.92 Å². The minimum Gasteiger partial charge on any atom is -0.495 e. The number of amides is 1. The first-order chi connectivity index (χ1) is 11.0. The van der Waals surface area contributed by atoms with Gasteiger partial charge in [-0.05, 0) is 31.2 Å². The minimum absolute atomic E-state index is 0.216. The molecule has 0 aliphatic rings. The number of rotatable bonds is 3. The summed E-state index contributed by atoms with van der Waals surface area (Å²) in [6.45, 7) is 1.84. The molecule has 0 radical (unpaired) electrons. The summed E-state index contributed by atoms with van der Waals surface area (Å²) < 4.78 is 5.30. The van der Waals surface area contributed by atoms with Crippen LogP contribution in [0.15, 0.2) is 30.5 Å². The van der Waals surface area contributed by atoms with Crippen molar-refractivity contribution in [1.29, 1.82) is 0 Å². The first-order valence-electron chi connectivity index (χ1n) is 6.93. The zero-order chi connectivity index (χ0) is 16.6. The maximum absolute atomic E-state index is 12.7. The predicted molar refractivity (Wildman–Crippen MR) is 89.4 cm³/mol. The van der Waals surface area contributed by atoms with E-state index in [1.807, 2.05) is 6.92 Å². The van der Waals surface area contributed by atoms with Crippen LogP contribution >= 0.6 is 11.6 Å². The number of anilines is 1. The van der Waals surface area contributed by atoms with E-state index in [4.69, 9.17) is 16.3 Å². The van der Waals surface area contributed by atoms with E-state index in [2.05, 4.69) is 15.0 Å². The van der Waals surface area contributed by atoms with Gasteiger partial charge in [0.1, 0.15) is 11.6 Å². The molecule has 0 aliphatic heterocycles. The number of carbonyl (C=O) groups excluding carboxylic acids is 1. The molecule has 1 amide bonds. The Balaban J connectivity index is 1.99. The first-order valence-corrected chi connectivity index (χ1v) is 7.31. The highest BCUT2D eigenvalue weighted by atomic mass is 35.5. The molecule has 3 aromatic rings. The third kappa shape index (κ3) is 2.85. The van der Waals surface area contributed by atoms with Crippen molar-refractivity contribution >= 4 is 34.4 Å². The fraction of sp³-hybridized carbons (Fsp3) is 0.188. The second kappa shape index (κ2) is 5.89. The number of aromatic nitrogens is 3. The maximum Gasteiger partial charge on any atom is 0.259 e. The Hall–Kier alpha value is -2.60. The number of imidazole rings is 1. The Kier molecular flexibility index (Phi) is 3.92. The van der Waals surface area contributed by atoms with Crippen LogP contribution in [-0.2, 0) is 0 Å². The lowest BCUT2D eigenvalue weighted by Gasteiger charge is -2.20. The fourth-order valence-corrected chi connectivity index (χ4v) is 2.53. The highest BCUT2D eigenvalue weighted by Crippen LogP contribution is 2.31. The van der Waals surface area contributed by atoms with Gasteiger partial charge in [0.05, 0.1) is 23.9 Å². The number of pyridine rings is 1. The van der Waals surface area contributed by atoms with Crippen molar-refractivity contribution < 1.29 is 9.53 Å². The number of aryl methyl sites for hydroxylation is 1. The average Bonchev–Trinajstić information content (AvgIpc) is 2.92. The molecular weight excluding hydrogens is 316 g/mol. The molecular formula is C16H15ClN4O2. The van der Waals surface area contributed by atoms with E-state index in [1.165, 1.54) is 11.1 Å². The summed E-state index contributed by atoms with van der Waals surface area (Å²) in [6.07, 6.45) is 1.51. The normalized spacial score (nSPS) is 10.8. The van der Waals surface area contributed by atoms with Crippen LogP contribution in [-0.4, -0.2) is 35.0 Å². The summed E-state index contributed by atoms with van der Waals surface area (Å²) in [4.78, 5) is 25.7. The number of benzene rings is 1. The van der Waals surface area contributed by atoms with Gasteiger partial charge in [0.2, 0.25) is 0 Å². The molecule has 6 nitrogen and oxygen atoms in total. The number of ether oxygens (including phenoxy) is 1. The molecule has 0 fully saturated rings. The van der Waals surface area contributed by atoms with Crippen molar-refractivity contribution in [2.45, 2.75) is 6.92 Å². The zero-order valence-corrected chi connectivity index (χ0v) is 13.7. The molecule has 0 spiro atoms. The molecule has 2 heterocycles. The van der Waals surface area contributed by atoms with Gasteiger partial charge in [-0.3, -0.25) is 4.79 Å². The van der Waals surface area contributed by atoms with E-state index in [9.17, 15) is 4.79 Å². The third-order valence-electron chi connectivity index (χ3n) is 3.51. The Bertz CT molecular complexity index is 891. The largest absolute Gasteiger partial charge is 0.495 e. The maximum atomic E-state index is 12.7. The molecule has 23 heavy (non-hydrogen) atoms. The highest BCUT2D eigenvalue weighted by Gasteiger charge is 2.18. The van der Waals surface area contributed by atoms with E-state index in [0.29, 0.717) is 27.7 Å². The quantitative estimate of drug-likeness (QED) is 0.800. The van der Waals surface area contributed by atoms with E-state index in [-0.39, 0.29) is 5.91 Å². The molecule has 1 aromatic carbocycles. The van der Waals surface area contributed by atoms with Crippen LogP contribution in [0.1, 0.15) is 16.2 Å². The molecule has 118 valence electrons. The Morgan fingerprint density at radius 2 is 2.13 bits per heavy atom. The SMILES string of the molecule is COc1ccc(Cl)cc1N(C)C(=O)c1cnc2nc(C)[nH]c2c1. The van der Waals surface area contributed by atoms with Gasteiger partial charge in [0.15, 0.2) is 5.65 Å². The second-order valence-electron chi connectivity index (χ2n) is 5.10. The summed E-state index contributed by atoms with van der Waals surface area (Å²) in [5, 5.41) is 0.526. The standard InChI is InChI=1S/C16H15ClN4O2/c1-9-19-12-6-10(8-18-15(12)20-9)16(22)21(2)13-7-11(17)4-5-14(13)23-3/h4-8H,1-3H3,(H,18,19,20). The lowest BCUT2D eigenvalue weighted by molar-refractivity contribution is 0.0992. The van der Waals surface area contributed by atoms with Crippen LogP contribution in [0.5, 0.6) is 5.75 Å². The second-order valence-corrected chi connectivity index (χ2v) is 5.53. The molecule has 0 atom stereocenters. The number of H-pyrrole nitrogens is 1. The van der Waals surface area contributed by atoms with Gasteiger partial charge in [0.25, 0.3) is 5.91 Å². The minimum atomic E-state index is -0.216. The molecule has 0 saturated carbocycles. The Morgan fingerprint density at radius 3 is 2.87 bits per heavy atom. The highest BCUT2D eigenvalue weighted by molar-refractivity contribution is 6.31. The predicted octanol–water partition coefficient (Wildman–Crippen LogP) is 3.20. The molecule has 7 heteroatoms. The van der Waals surface area contributed by atoms with Gasteiger partial charge >= 0.3 is 0 Å². The van der Waals surface area contributed by atoms with Crippen molar-refractivity contribution in [3.63, 3.8) is 0 Å². The van der Waals surface area contributed by atoms with Crippen molar-refractivity contribution in [2.75, 3.05) is 19.1 Å². The van der Waals surface area contributed by atoms with Gasteiger partial charge in [0, 0.05) is 18.3 Å². The molecule has 0 saturated heterocycles. The summed E-state index contributed by atoms with van der Waals surface area (Å²) in [5.74, 6) is 1.10. The van der Waals surface area contributed by atoms with Gasteiger partial charge in [-0.2, -0.15) is 0 Å². The average molecular weight is 331 g/mol.